The van der Waals surface area contributed by atoms with Crippen molar-refractivity contribution in [2.45, 2.75) is 18.9 Å². The van der Waals surface area contributed by atoms with Crippen LogP contribution in [0.4, 0.5) is 0 Å². The first-order chi connectivity index (χ1) is 7.27. The SMILES string of the molecule is O=c1oc(=O)n(C2CC2)c2ccccc12. The summed E-state index contributed by atoms with van der Waals surface area (Å²) in [7, 11) is 0. The zero-order valence-electron chi connectivity index (χ0n) is 7.97. The first-order valence-corrected chi connectivity index (χ1v) is 4.92. The molecule has 4 nitrogen and oxygen atoms in total. The minimum absolute atomic E-state index is 0.215. The molecule has 1 fully saturated rings. The highest BCUT2D eigenvalue weighted by Crippen LogP contribution is 2.35. The monoisotopic (exact) mass is 203 g/mol. The van der Waals surface area contributed by atoms with Gasteiger partial charge in [0.1, 0.15) is 0 Å². The highest BCUT2D eigenvalue weighted by molar-refractivity contribution is 5.77. The molecule has 3 rings (SSSR count). The van der Waals surface area contributed by atoms with E-state index in [0.717, 1.165) is 12.8 Å². The topological polar surface area (TPSA) is 52.2 Å². The molecule has 2 aromatic rings. The van der Waals surface area contributed by atoms with Gasteiger partial charge in [-0.05, 0) is 25.0 Å². The number of para-hydroxylation sites is 1. The van der Waals surface area contributed by atoms with Crippen molar-refractivity contribution < 1.29 is 4.42 Å². The molecule has 1 saturated carbocycles. The molecule has 0 saturated heterocycles. The lowest BCUT2D eigenvalue weighted by molar-refractivity contribution is 0.418. The predicted octanol–water partition coefficient (Wildman–Crippen LogP) is 1.29. The number of fused-ring (bicyclic) bond motifs is 1. The second-order valence-electron chi connectivity index (χ2n) is 3.77. The average molecular weight is 203 g/mol. The Labute approximate surface area is 84.8 Å². The van der Waals surface area contributed by atoms with Gasteiger partial charge in [-0.3, -0.25) is 4.57 Å². The maximum Gasteiger partial charge on any atom is 0.422 e. The molecule has 1 heterocycles. The Morgan fingerprint density at radius 2 is 1.93 bits per heavy atom. The molecule has 0 unspecified atom stereocenters. The van der Waals surface area contributed by atoms with Crippen molar-refractivity contribution >= 4 is 10.9 Å². The molecular formula is C11H9NO3. The van der Waals surface area contributed by atoms with Crippen LogP contribution in [0.1, 0.15) is 18.9 Å². The number of rotatable bonds is 1. The van der Waals surface area contributed by atoms with Crippen LogP contribution in [0, 0.1) is 0 Å². The van der Waals surface area contributed by atoms with Crippen LogP contribution >= 0.6 is 0 Å². The fraction of sp³-hybridized carbons (Fsp3) is 0.273. The Hall–Kier alpha value is -1.84. The average Bonchev–Trinajstić information content (AvgIpc) is 3.02. The quantitative estimate of drug-likeness (QED) is 0.701. The second-order valence-corrected chi connectivity index (χ2v) is 3.77. The Kier molecular flexibility index (Phi) is 1.59. The van der Waals surface area contributed by atoms with Gasteiger partial charge in [0, 0.05) is 6.04 Å². The third kappa shape index (κ3) is 1.21. The molecule has 76 valence electrons. The Balaban J connectivity index is 2.52. The minimum atomic E-state index is -0.549. The van der Waals surface area contributed by atoms with Crippen LogP contribution in [0.2, 0.25) is 0 Å². The van der Waals surface area contributed by atoms with Gasteiger partial charge in [0.25, 0.3) is 0 Å². The highest BCUT2D eigenvalue weighted by atomic mass is 16.4. The summed E-state index contributed by atoms with van der Waals surface area (Å²) >= 11 is 0. The zero-order valence-corrected chi connectivity index (χ0v) is 7.97. The summed E-state index contributed by atoms with van der Waals surface area (Å²) in [5, 5.41) is 0.476. The van der Waals surface area contributed by atoms with E-state index < -0.39 is 11.4 Å². The van der Waals surface area contributed by atoms with E-state index in [-0.39, 0.29) is 6.04 Å². The Bertz CT molecular complexity index is 634. The van der Waals surface area contributed by atoms with Crippen molar-refractivity contribution in [1.29, 1.82) is 0 Å². The van der Waals surface area contributed by atoms with E-state index in [2.05, 4.69) is 4.42 Å². The fourth-order valence-electron chi connectivity index (χ4n) is 1.82. The lowest BCUT2D eigenvalue weighted by Crippen LogP contribution is -2.24. The van der Waals surface area contributed by atoms with Crippen LogP contribution in [-0.4, -0.2) is 4.57 Å². The molecule has 1 aliphatic rings. The van der Waals surface area contributed by atoms with E-state index in [9.17, 15) is 9.59 Å². The van der Waals surface area contributed by atoms with Gasteiger partial charge in [-0.1, -0.05) is 12.1 Å². The largest absolute Gasteiger partial charge is 0.422 e. The van der Waals surface area contributed by atoms with Crippen LogP contribution < -0.4 is 11.4 Å². The Morgan fingerprint density at radius 1 is 1.20 bits per heavy atom. The standard InChI is InChI=1S/C11H9NO3/c13-10-8-3-1-2-4-9(8)12(7-5-6-7)11(14)15-10/h1-4,7H,5-6H2. The summed E-state index contributed by atoms with van der Waals surface area (Å²) in [5.41, 5.74) is 0.133. The number of benzene rings is 1. The number of nitrogens with zero attached hydrogens (tertiary/aromatic N) is 1. The highest BCUT2D eigenvalue weighted by Gasteiger charge is 2.27. The molecule has 15 heavy (non-hydrogen) atoms. The third-order valence-electron chi connectivity index (χ3n) is 2.67. The molecule has 0 N–H and O–H groups in total. The smallest absolute Gasteiger partial charge is 0.372 e. The molecule has 0 radical (unpaired) electrons. The summed E-state index contributed by atoms with van der Waals surface area (Å²) in [6.07, 6.45) is 1.97. The molecule has 0 spiro atoms. The van der Waals surface area contributed by atoms with Gasteiger partial charge >= 0.3 is 11.4 Å². The summed E-state index contributed by atoms with van der Waals surface area (Å²) in [6.45, 7) is 0. The van der Waals surface area contributed by atoms with E-state index in [1.54, 1.807) is 22.8 Å². The maximum absolute atomic E-state index is 11.5. The van der Waals surface area contributed by atoms with Gasteiger partial charge in [0.2, 0.25) is 0 Å². The van der Waals surface area contributed by atoms with E-state index in [0.29, 0.717) is 10.9 Å². The lowest BCUT2D eigenvalue weighted by atomic mass is 10.2. The predicted molar refractivity (Wildman–Crippen MR) is 55.0 cm³/mol. The first kappa shape index (κ1) is 8.47. The van der Waals surface area contributed by atoms with Gasteiger partial charge in [-0.25, -0.2) is 9.59 Å². The van der Waals surface area contributed by atoms with Gasteiger partial charge in [-0.2, -0.15) is 0 Å². The molecule has 1 aromatic carbocycles. The van der Waals surface area contributed by atoms with E-state index >= 15 is 0 Å². The van der Waals surface area contributed by atoms with Crippen molar-refractivity contribution in [1.82, 2.24) is 4.57 Å². The maximum atomic E-state index is 11.5. The van der Waals surface area contributed by atoms with Crippen LogP contribution in [0.25, 0.3) is 10.9 Å². The van der Waals surface area contributed by atoms with Gasteiger partial charge in [-0.15, -0.1) is 0 Å². The molecule has 0 amide bonds. The molecule has 4 heteroatoms. The number of hydrogen-bond donors (Lipinski definition) is 0. The lowest BCUT2D eigenvalue weighted by Gasteiger charge is -2.05. The third-order valence-corrected chi connectivity index (χ3v) is 2.67. The van der Waals surface area contributed by atoms with E-state index in [1.807, 2.05) is 6.07 Å². The summed E-state index contributed by atoms with van der Waals surface area (Å²) in [6, 6.07) is 7.26. The van der Waals surface area contributed by atoms with Crippen molar-refractivity contribution in [3.63, 3.8) is 0 Å². The number of aromatic nitrogens is 1. The van der Waals surface area contributed by atoms with Gasteiger partial charge < -0.3 is 4.42 Å². The molecular weight excluding hydrogens is 194 g/mol. The minimum Gasteiger partial charge on any atom is -0.372 e. The molecule has 1 aromatic heterocycles. The summed E-state index contributed by atoms with van der Waals surface area (Å²) in [5.74, 6) is -0.541. The zero-order chi connectivity index (χ0) is 10.4. The second kappa shape index (κ2) is 2.82. The first-order valence-electron chi connectivity index (χ1n) is 4.92. The summed E-state index contributed by atoms with van der Waals surface area (Å²) in [4.78, 5) is 22.9. The van der Waals surface area contributed by atoms with Gasteiger partial charge in [0.05, 0.1) is 10.9 Å². The van der Waals surface area contributed by atoms with E-state index in [1.165, 1.54) is 0 Å². The van der Waals surface area contributed by atoms with Crippen LogP contribution in [-0.2, 0) is 0 Å². The van der Waals surface area contributed by atoms with Crippen molar-refractivity contribution in [3.8, 4) is 0 Å². The summed E-state index contributed by atoms with van der Waals surface area (Å²) < 4.78 is 6.25. The van der Waals surface area contributed by atoms with Crippen LogP contribution in [0.15, 0.2) is 38.3 Å². The van der Waals surface area contributed by atoms with Crippen molar-refractivity contribution in [2.75, 3.05) is 0 Å². The Morgan fingerprint density at radius 3 is 2.67 bits per heavy atom. The van der Waals surface area contributed by atoms with Crippen LogP contribution in [0.5, 0.6) is 0 Å². The molecule has 1 aliphatic carbocycles. The normalized spacial score (nSPS) is 15.7. The molecule has 0 aliphatic heterocycles. The van der Waals surface area contributed by atoms with Crippen molar-refractivity contribution in [3.05, 3.63) is 45.2 Å². The van der Waals surface area contributed by atoms with E-state index in [4.69, 9.17) is 0 Å². The van der Waals surface area contributed by atoms with Gasteiger partial charge in [0.15, 0.2) is 0 Å². The fourth-order valence-corrected chi connectivity index (χ4v) is 1.82. The molecule has 0 bridgehead atoms. The number of hydrogen-bond acceptors (Lipinski definition) is 3. The van der Waals surface area contributed by atoms with Crippen molar-refractivity contribution in [2.24, 2.45) is 0 Å². The molecule has 0 atom stereocenters. The van der Waals surface area contributed by atoms with Crippen LogP contribution in [0.3, 0.4) is 0 Å².